The third-order valence-electron chi connectivity index (χ3n) is 7.57. The van der Waals surface area contributed by atoms with Crippen LogP contribution in [0.25, 0.3) is 10.8 Å². The highest BCUT2D eigenvalue weighted by Crippen LogP contribution is 2.71. The Labute approximate surface area is 204 Å². The highest BCUT2D eigenvalue weighted by atomic mass is 19.3. The van der Waals surface area contributed by atoms with Gasteiger partial charge in [-0.15, -0.1) is 0 Å². The highest BCUT2D eigenvalue weighted by Gasteiger charge is 2.73. The normalized spacial score (nSPS) is 23.2. The number of aryl methyl sites for hydroxylation is 1. The summed E-state index contributed by atoms with van der Waals surface area (Å²) >= 11 is 0. The van der Waals surface area contributed by atoms with Gasteiger partial charge in [-0.05, 0) is 26.2 Å². The Morgan fingerprint density at radius 1 is 1.14 bits per heavy atom. The summed E-state index contributed by atoms with van der Waals surface area (Å²) in [5, 5.41) is 7.80. The van der Waals surface area contributed by atoms with E-state index in [1.54, 1.807) is 36.7 Å². The molecule has 1 N–H and O–H groups in total. The SMILES string of the molecule is C[C@@H](Nc1nn(C)c(=O)c2cc(=O)n(C34CC(C(=O)N(C)C)(C3)C4)cc12)c1cccc(C(F)F)c1F. The van der Waals surface area contributed by atoms with Gasteiger partial charge in [0, 0.05) is 44.4 Å². The molecule has 0 radical (unpaired) electrons. The van der Waals surface area contributed by atoms with E-state index in [0.717, 1.165) is 10.7 Å². The molecule has 2 heterocycles. The number of nitrogens with zero attached hydrogens (tertiary/aromatic N) is 4. The molecule has 3 fully saturated rings. The van der Waals surface area contributed by atoms with Crippen molar-refractivity contribution in [3.05, 3.63) is 68.1 Å². The van der Waals surface area contributed by atoms with E-state index in [0.29, 0.717) is 24.6 Å². The van der Waals surface area contributed by atoms with Crippen molar-refractivity contribution in [2.24, 2.45) is 12.5 Å². The number of nitrogens with one attached hydrogen (secondary N) is 1. The summed E-state index contributed by atoms with van der Waals surface area (Å²) in [4.78, 5) is 39.9. The zero-order valence-corrected chi connectivity index (χ0v) is 20.3. The number of carbonyl (C=O) groups excluding carboxylic acids is 1. The summed E-state index contributed by atoms with van der Waals surface area (Å²) in [5.74, 6) is -0.762. The second-order valence-corrected chi connectivity index (χ2v) is 10.2. The van der Waals surface area contributed by atoms with Crippen LogP contribution in [0.2, 0.25) is 0 Å². The van der Waals surface area contributed by atoms with E-state index in [1.165, 1.54) is 25.2 Å². The summed E-state index contributed by atoms with van der Waals surface area (Å²) in [6, 6.07) is 4.28. The summed E-state index contributed by atoms with van der Waals surface area (Å²) in [7, 11) is 4.84. The predicted octanol–water partition coefficient (Wildman–Crippen LogP) is 3.31. The minimum absolute atomic E-state index is 0.0217. The Morgan fingerprint density at radius 2 is 1.78 bits per heavy atom. The molecule has 1 atom stereocenters. The summed E-state index contributed by atoms with van der Waals surface area (Å²) in [5.41, 5.74) is -2.46. The summed E-state index contributed by atoms with van der Waals surface area (Å²) in [6.07, 6.45) is 0.206. The van der Waals surface area contributed by atoms with Crippen LogP contribution in [-0.2, 0) is 17.4 Å². The summed E-state index contributed by atoms with van der Waals surface area (Å²) < 4.78 is 43.8. The lowest BCUT2D eigenvalue weighted by molar-refractivity contribution is -0.205. The molecule has 1 aromatic carbocycles. The number of hydrogen-bond donors (Lipinski definition) is 1. The van der Waals surface area contributed by atoms with Crippen LogP contribution < -0.4 is 16.4 Å². The minimum atomic E-state index is -2.96. The van der Waals surface area contributed by atoms with Crippen LogP contribution in [0.15, 0.2) is 40.1 Å². The Balaban J connectivity index is 1.55. The van der Waals surface area contributed by atoms with Gasteiger partial charge in [-0.3, -0.25) is 14.4 Å². The highest BCUT2D eigenvalue weighted by molar-refractivity contribution is 5.91. The molecule has 0 unspecified atom stereocenters. The second kappa shape index (κ2) is 7.94. The molecule has 1 amide bonds. The molecule has 0 spiro atoms. The molecule has 6 rings (SSSR count). The maximum atomic E-state index is 14.8. The van der Waals surface area contributed by atoms with E-state index >= 15 is 0 Å². The molecule has 190 valence electrons. The van der Waals surface area contributed by atoms with Gasteiger partial charge in [-0.25, -0.2) is 17.9 Å². The number of rotatable bonds is 6. The maximum absolute atomic E-state index is 14.8. The molecule has 3 aliphatic rings. The van der Waals surface area contributed by atoms with Gasteiger partial charge in [0.05, 0.1) is 27.9 Å². The molecule has 2 aromatic heterocycles. The number of pyridine rings is 1. The number of hydrogen-bond acceptors (Lipinski definition) is 5. The molecule has 3 aliphatic carbocycles. The minimum Gasteiger partial charge on any atom is -0.361 e. The van der Waals surface area contributed by atoms with E-state index in [2.05, 4.69) is 10.4 Å². The van der Waals surface area contributed by atoms with Gasteiger partial charge in [0.1, 0.15) is 5.82 Å². The van der Waals surface area contributed by atoms with Crippen LogP contribution in [0.3, 0.4) is 0 Å². The Bertz CT molecular complexity index is 1510. The van der Waals surface area contributed by atoms with E-state index < -0.39 is 40.4 Å². The monoisotopic (exact) mass is 501 g/mol. The average molecular weight is 502 g/mol. The van der Waals surface area contributed by atoms with Gasteiger partial charge >= 0.3 is 0 Å². The molecular formula is C25H26F3N5O3. The van der Waals surface area contributed by atoms with Crippen LogP contribution in [0.1, 0.15) is 49.8 Å². The molecular weight excluding hydrogens is 475 g/mol. The lowest BCUT2D eigenvalue weighted by atomic mass is 9.38. The van der Waals surface area contributed by atoms with E-state index in [-0.39, 0.29) is 28.2 Å². The number of aromatic nitrogens is 3. The van der Waals surface area contributed by atoms with Gasteiger partial charge in [0.25, 0.3) is 17.5 Å². The first kappa shape index (κ1) is 24.1. The number of fused-ring (bicyclic) bond motifs is 1. The first-order valence-electron chi connectivity index (χ1n) is 11.6. The molecule has 0 saturated heterocycles. The number of benzene rings is 1. The predicted molar refractivity (Wildman–Crippen MR) is 128 cm³/mol. The van der Waals surface area contributed by atoms with E-state index in [9.17, 15) is 27.6 Å². The first-order chi connectivity index (χ1) is 16.9. The summed E-state index contributed by atoms with van der Waals surface area (Å²) in [6.45, 7) is 1.60. The lowest BCUT2D eigenvalue weighted by Gasteiger charge is -2.69. The molecule has 0 aliphatic heterocycles. The van der Waals surface area contributed by atoms with Crippen molar-refractivity contribution in [2.75, 3.05) is 19.4 Å². The third kappa shape index (κ3) is 3.35. The quantitative estimate of drug-likeness (QED) is 0.560. The second-order valence-electron chi connectivity index (χ2n) is 10.2. The zero-order valence-electron chi connectivity index (χ0n) is 20.3. The Kier molecular flexibility index (Phi) is 5.31. The van der Waals surface area contributed by atoms with Crippen LogP contribution in [-0.4, -0.2) is 39.3 Å². The number of anilines is 1. The zero-order chi connectivity index (χ0) is 26.2. The molecule has 3 saturated carbocycles. The number of halogens is 3. The fourth-order valence-electron chi connectivity index (χ4n) is 5.84. The van der Waals surface area contributed by atoms with Crippen molar-refractivity contribution in [1.29, 1.82) is 0 Å². The molecule has 8 nitrogen and oxygen atoms in total. The first-order valence-corrected chi connectivity index (χ1v) is 11.6. The van der Waals surface area contributed by atoms with Crippen molar-refractivity contribution in [1.82, 2.24) is 19.2 Å². The maximum Gasteiger partial charge on any atom is 0.274 e. The molecule has 36 heavy (non-hydrogen) atoms. The van der Waals surface area contributed by atoms with Crippen molar-refractivity contribution < 1.29 is 18.0 Å². The third-order valence-corrected chi connectivity index (χ3v) is 7.57. The van der Waals surface area contributed by atoms with Gasteiger partial charge in [-0.2, -0.15) is 5.10 Å². The fourth-order valence-corrected chi connectivity index (χ4v) is 5.84. The van der Waals surface area contributed by atoms with Crippen molar-refractivity contribution in [3.8, 4) is 0 Å². The van der Waals surface area contributed by atoms with Gasteiger partial charge in [0.2, 0.25) is 5.91 Å². The molecule has 3 aromatic rings. The van der Waals surface area contributed by atoms with E-state index in [4.69, 9.17) is 0 Å². The smallest absolute Gasteiger partial charge is 0.274 e. The number of alkyl halides is 2. The van der Waals surface area contributed by atoms with Crippen LogP contribution in [0.5, 0.6) is 0 Å². The van der Waals surface area contributed by atoms with E-state index in [1.807, 2.05) is 0 Å². The Hall–Kier alpha value is -3.63. The van der Waals surface area contributed by atoms with Gasteiger partial charge < -0.3 is 14.8 Å². The van der Waals surface area contributed by atoms with Gasteiger partial charge in [0.15, 0.2) is 5.82 Å². The van der Waals surface area contributed by atoms with Crippen LogP contribution in [0.4, 0.5) is 19.0 Å². The van der Waals surface area contributed by atoms with Crippen molar-refractivity contribution in [3.63, 3.8) is 0 Å². The standard InChI is InChI=1S/C25H26F3N5O3/c1-13(14-6-5-7-15(19(14)26)20(27)28)29-21-17-9-33(18(34)8-16(17)22(35)32(4)30-21)25-10-24(11-25,12-25)23(36)31(2)3/h5-9,13,20H,10-12H2,1-4H3,(H,29,30)/t13-,24?,25?/m1/s1. The Morgan fingerprint density at radius 3 is 2.39 bits per heavy atom. The van der Waals surface area contributed by atoms with Crippen LogP contribution >= 0.6 is 0 Å². The largest absolute Gasteiger partial charge is 0.361 e. The fraction of sp³-hybridized carbons (Fsp3) is 0.440. The number of carbonyl (C=O) groups is 1. The molecule has 2 bridgehead atoms. The number of amides is 1. The average Bonchev–Trinajstić information content (AvgIpc) is 2.75. The van der Waals surface area contributed by atoms with Crippen molar-refractivity contribution >= 4 is 22.5 Å². The lowest BCUT2D eigenvalue weighted by Crippen LogP contribution is -2.73. The molecule has 11 heteroatoms. The topological polar surface area (TPSA) is 89.2 Å². The van der Waals surface area contributed by atoms with Gasteiger partial charge in [-0.1, -0.05) is 18.2 Å². The van der Waals surface area contributed by atoms with Crippen LogP contribution in [0, 0.1) is 11.2 Å². The van der Waals surface area contributed by atoms with Crippen molar-refractivity contribution in [2.45, 2.75) is 44.2 Å².